The first-order valence-electron chi connectivity index (χ1n) is 10.3. The minimum atomic E-state index is -0.309. The van der Waals surface area contributed by atoms with E-state index < -0.39 is 0 Å². The van der Waals surface area contributed by atoms with E-state index in [4.69, 9.17) is 4.74 Å². The number of nitrogens with one attached hydrogen (secondary N) is 1. The molecule has 0 atom stereocenters. The highest BCUT2D eigenvalue weighted by Gasteiger charge is 2.09. The summed E-state index contributed by atoms with van der Waals surface area (Å²) in [5.41, 5.74) is 3.64. The summed E-state index contributed by atoms with van der Waals surface area (Å²) in [6.07, 6.45) is 6.13. The van der Waals surface area contributed by atoms with Crippen LogP contribution >= 0.6 is 0 Å². The van der Waals surface area contributed by atoms with Crippen LogP contribution in [0.1, 0.15) is 17.5 Å². The van der Waals surface area contributed by atoms with Crippen molar-refractivity contribution in [3.63, 3.8) is 0 Å². The number of hydrogen-bond acceptors (Lipinski definition) is 4. The molecule has 6 heteroatoms. The Morgan fingerprint density at radius 1 is 0.938 bits per heavy atom. The summed E-state index contributed by atoms with van der Waals surface area (Å²) in [5.74, 6) is 0.847. The largest absolute Gasteiger partial charge is 0.457 e. The van der Waals surface area contributed by atoms with Crippen LogP contribution in [0.25, 0.3) is 11.3 Å². The summed E-state index contributed by atoms with van der Waals surface area (Å²) in [6.45, 7) is 0.393. The highest BCUT2D eigenvalue weighted by Crippen LogP contribution is 2.23. The molecule has 0 aliphatic carbocycles. The molecule has 0 spiro atoms. The van der Waals surface area contributed by atoms with Crippen molar-refractivity contribution in [1.82, 2.24) is 15.3 Å². The zero-order chi connectivity index (χ0) is 22.2. The summed E-state index contributed by atoms with van der Waals surface area (Å²) in [7, 11) is 0. The Hall–Kier alpha value is -4.06. The van der Waals surface area contributed by atoms with Crippen molar-refractivity contribution in [1.29, 1.82) is 0 Å². The molecule has 1 N–H and O–H groups in total. The Morgan fingerprint density at radius 3 is 2.59 bits per heavy atom. The molecule has 2 aromatic heterocycles. The quantitative estimate of drug-likeness (QED) is 0.413. The van der Waals surface area contributed by atoms with Crippen molar-refractivity contribution in [2.24, 2.45) is 0 Å². The van der Waals surface area contributed by atoms with Crippen LogP contribution in [0.4, 0.5) is 4.39 Å². The van der Waals surface area contributed by atoms with Crippen LogP contribution in [-0.4, -0.2) is 15.9 Å². The first kappa shape index (κ1) is 21.2. The molecule has 2 heterocycles. The second-order valence-electron chi connectivity index (χ2n) is 7.23. The predicted molar refractivity (Wildman–Crippen MR) is 121 cm³/mol. The van der Waals surface area contributed by atoms with E-state index in [0.717, 1.165) is 22.4 Å². The number of aromatic nitrogens is 2. The van der Waals surface area contributed by atoms with Crippen LogP contribution in [0.3, 0.4) is 0 Å². The van der Waals surface area contributed by atoms with Gasteiger partial charge in [0.05, 0.1) is 5.69 Å². The number of halogens is 1. The Kier molecular flexibility index (Phi) is 6.82. The van der Waals surface area contributed by atoms with E-state index in [1.54, 1.807) is 30.7 Å². The molecule has 4 rings (SSSR count). The van der Waals surface area contributed by atoms with Gasteiger partial charge in [0.1, 0.15) is 17.3 Å². The van der Waals surface area contributed by atoms with Crippen molar-refractivity contribution in [3.8, 4) is 22.8 Å². The highest BCUT2D eigenvalue weighted by atomic mass is 19.1. The van der Waals surface area contributed by atoms with Gasteiger partial charge in [0.15, 0.2) is 0 Å². The van der Waals surface area contributed by atoms with Crippen molar-refractivity contribution in [2.45, 2.75) is 19.4 Å². The fourth-order valence-corrected chi connectivity index (χ4v) is 3.29. The molecule has 0 saturated carbocycles. The third-order valence-corrected chi connectivity index (χ3v) is 4.89. The number of pyridine rings is 2. The lowest BCUT2D eigenvalue weighted by Crippen LogP contribution is -2.23. The number of benzene rings is 2. The number of hydrogen-bond donors (Lipinski definition) is 1. The van der Waals surface area contributed by atoms with Crippen LogP contribution in [-0.2, 0) is 17.8 Å². The molecule has 160 valence electrons. The number of aryl methyl sites for hydroxylation is 1. The van der Waals surface area contributed by atoms with E-state index in [1.807, 2.05) is 48.5 Å². The number of ether oxygens (including phenoxy) is 1. The monoisotopic (exact) mass is 427 g/mol. The Labute approximate surface area is 185 Å². The second kappa shape index (κ2) is 10.3. The van der Waals surface area contributed by atoms with Crippen molar-refractivity contribution >= 4 is 5.91 Å². The highest BCUT2D eigenvalue weighted by molar-refractivity contribution is 5.76. The van der Waals surface area contributed by atoms with Crippen LogP contribution in [0, 0.1) is 5.82 Å². The van der Waals surface area contributed by atoms with Crippen molar-refractivity contribution < 1.29 is 13.9 Å². The predicted octanol–water partition coefficient (Wildman–Crippen LogP) is 5.32. The summed E-state index contributed by atoms with van der Waals surface area (Å²) in [5, 5.41) is 2.97. The van der Waals surface area contributed by atoms with Gasteiger partial charge in [0, 0.05) is 37.1 Å². The summed E-state index contributed by atoms with van der Waals surface area (Å²) in [4.78, 5) is 21.0. The fourth-order valence-electron chi connectivity index (χ4n) is 3.29. The molecule has 1 amide bonds. The van der Waals surface area contributed by atoms with Crippen molar-refractivity contribution in [2.75, 3.05) is 0 Å². The fraction of sp³-hybridized carbons (Fsp3) is 0.115. The summed E-state index contributed by atoms with van der Waals surface area (Å²) < 4.78 is 18.8. The Bertz CT molecular complexity index is 1180. The summed E-state index contributed by atoms with van der Waals surface area (Å²) in [6, 6.07) is 21.0. The molecular weight excluding hydrogens is 405 g/mol. The third kappa shape index (κ3) is 5.76. The lowest BCUT2D eigenvalue weighted by atomic mass is 10.1. The molecule has 4 aromatic rings. The Balaban J connectivity index is 1.32. The molecule has 0 fully saturated rings. The second-order valence-corrected chi connectivity index (χ2v) is 7.23. The normalized spacial score (nSPS) is 10.5. The lowest BCUT2D eigenvalue weighted by molar-refractivity contribution is -0.121. The lowest BCUT2D eigenvalue weighted by Gasteiger charge is -2.10. The maximum Gasteiger partial charge on any atom is 0.220 e. The average Bonchev–Trinajstić information content (AvgIpc) is 2.84. The number of nitrogens with zero attached hydrogens (tertiary/aromatic N) is 2. The zero-order valence-electron chi connectivity index (χ0n) is 17.4. The third-order valence-electron chi connectivity index (χ3n) is 4.89. The van der Waals surface area contributed by atoms with Crippen LogP contribution in [0.5, 0.6) is 11.5 Å². The van der Waals surface area contributed by atoms with Gasteiger partial charge < -0.3 is 10.1 Å². The molecular formula is C26H22FN3O2. The number of rotatable bonds is 8. The minimum absolute atomic E-state index is 0.0455. The molecule has 2 aromatic carbocycles. The van der Waals surface area contributed by atoms with Gasteiger partial charge in [0.2, 0.25) is 5.91 Å². The van der Waals surface area contributed by atoms with E-state index >= 15 is 0 Å². The van der Waals surface area contributed by atoms with Gasteiger partial charge >= 0.3 is 0 Å². The SMILES string of the molecule is O=C(CCc1cccc(Oc2ccc(F)cc2)c1)NCc1cccnc1-c1cccnc1. The van der Waals surface area contributed by atoms with Crippen LogP contribution in [0.15, 0.2) is 91.4 Å². The van der Waals surface area contributed by atoms with Gasteiger partial charge in [-0.05, 0) is 72.1 Å². The smallest absolute Gasteiger partial charge is 0.220 e. The van der Waals surface area contributed by atoms with Gasteiger partial charge in [-0.3, -0.25) is 14.8 Å². The molecule has 0 aliphatic rings. The molecule has 0 aliphatic heterocycles. The maximum absolute atomic E-state index is 13.0. The van der Waals surface area contributed by atoms with Gasteiger partial charge in [-0.2, -0.15) is 0 Å². The van der Waals surface area contributed by atoms with Crippen molar-refractivity contribution in [3.05, 3.63) is 108 Å². The number of carbonyl (C=O) groups excluding carboxylic acids is 1. The van der Waals surface area contributed by atoms with E-state index in [2.05, 4.69) is 15.3 Å². The van der Waals surface area contributed by atoms with E-state index in [9.17, 15) is 9.18 Å². The van der Waals surface area contributed by atoms with Crippen LogP contribution < -0.4 is 10.1 Å². The van der Waals surface area contributed by atoms with Gasteiger partial charge in [0.25, 0.3) is 0 Å². The van der Waals surface area contributed by atoms with E-state index in [1.165, 1.54) is 12.1 Å². The molecule has 0 unspecified atom stereocenters. The standard InChI is InChI=1S/C26H22FN3O2/c27-22-9-11-23(12-10-22)32-24-7-1-4-19(16-24)8-13-25(31)30-18-21-6-3-15-29-26(21)20-5-2-14-28-17-20/h1-7,9-12,14-17H,8,13,18H2,(H,30,31). The maximum atomic E-state index is 13.0. The molecule has 5 nitrogen and oxygen atoms in total. The number of amides is 1. The Morgan fingerprint density at radius 2 is 1.78 bits per heavy atom. The summed E-state index contributed by atoms with van der Waals surface area (Å²) >= 11 is 0. The van der Waals surface area contributed by atoms with Gasteiger partial charge in [-0.25, -0.2) is 4.39 Å². The minimum Gasteiger partial charge on any atom is -0.457 e. The zero-order valence-corrected chi connectivity index (χ0v) is 17.4. The number of carbonyl (C=O) groups is 1. The van der Waals surface area contributed by atoms with Gasteiger partial charge in [-0.15, -0.1) is 0 Å². The molecule has 0 radical (unpaired) electrons. The van der Waals surface area contributed by atoms with E-state index in [-0.39, 0.29) is 11.7 Å². The van der Waals surface area contributed by atoms with Gasteiger partial charge in [-0.1, -0.05) is 18.2 Å². The topological polar surface area (TPSA) is 64.1 Å². The molecule has 32 heavy (non-hydrogen) atoms. The average molecular weight is 427 g/mol. The molecule has 0 bridgehead atoms. The first-order chi connectivity index (χ1) is 15.7. The molecule has 0 saturated heterocycles. The van der Waals surface area contributed by atoms with Crippen LogP contribution in [0.2, 0.25) is 0 Å². The van der Waals surface area contributed by atoms with E-state index in [0.29, 0.717) is 30.9 Å². The first-order valence-corrected chi connectivity index (χ1v) is 10.3.